The highest BCUT2D eigenvalue weighted by Gasteiger charge is 2.18. The smallest absolute Gasteiger partial charge is 0.0587 e. The SMILES string of the molecule is CC(C)(C)[C@@H](N)CO. The first-order valence-electron chi connectivity index (χ1n) is 2.85. The molecule has 0 saturated carbocycles. The van der Waals surface area contributed by atoms with E-state index in [1.165, 1.54) is 0 Å². The first kappa shape index (κ1) is 7.92. The van der Waals surface area contributed by atoms with E-state index in [1.54, 1.807) is 0 Å². The maximum Gasteiger partial charge on any atom is 0.0587 e. The minimum Gasteiger partial charge on any atom is -0.395 e. The summed E-state index contributed by atoms with van der Waals surface area (Å²) in [4.78, 5) is 0. The van der Waals surface area contributed by atoms with Crippen LogP contribution in [0.15, 0.2) is 0 Å². The molecule has 1 atom stereocenters. The molecule has 2 nitrogen and oxygen atoms in total. The van der Waals surface area contributed by atoms with Crippen LogP contribution in [0.2, 0.25) is 0 Å². The lowest BCUT2D eigenvalue weighted by Gasteiger charge is -2.24. The summed E-state index contributed by atoms with van der Waals surface area (Å²) in [5.74, 6) is 0. The summed E-state index contributed by atoms with van der Waals surface area (Å²) in [5.41, 5.74) is 5.54. The molecule has 0 radical (unpaired) electrons. The second-order valence-corrected chi connectivity index (χ2v) is 3.16. The fraction of sp³-hybridized carbons (Fsp3) is 1.00. The van der Waals surface area contributed by atoms with Gasteiger partial charge in [-0.1, -0.05) is 20.8 Å². The van der Waals surface area contributed by atoms with Crippen molar-refractivity contribution in [2.75, 3.05) is 6.61 Å². The van der Waals surface area contributed by atoms with E-state index in [-0.39, 0.29) is 18.1 Å². The third-order valence-corrected chi connectivity index (χ3v) is 1.31. The zero-order valence-electron chi connectivity index (χ0n) is 5.81. The number of hydrogen-bond acceptors (Lipinski definition) is 2. The first-order chi connectivity index (χ1) is 3.48. The summed E-state index contributed by atoms with van der Waals surface area (Å²) >= 11 is 0. The van der Waals surface area contributed by atoms with Crippen molar-refractivity contribution in [3.8, 4) is 0 Å². The molecule has 3 N–H and O–H groups in total. The predicted octanol–water partition coefficient (Wildman–Crippen LogP) is 0.352. The monoisotopic (exact) mass is 117 g/mol. The lowest BCUT2D eigenvalue weighted by atomic mass is 9.88. The van der Waals surface area contributed by atoms with Crippen LogP contribution in [0.3, 0.4) is 0 Å². The molecular weight excluding hydrogens is 102 g/mol. The third-order valence-electron chi connectivity index (χ3n) is 1.31. The van der Waals surface area contributed by atoms with Crippen LogP contribution in [0, 0.1) is 5.41 Å². The van der Waals surface area contributed by atoms with Crippen molar-refractivity contribution in [1.29, 1.82) is 0 Å². The fourth-order valence-electron chi connectivity index (χ4n) is 0.274. The molecule has 0 bridgehead atoms. The summed E-state index contributed by atoms with van der Waals surface area (Å²) in [6, 6.07) is -0.0949. The van der Waals surface area contributed by atoms with Crippen LogP contribution in [-0.2, 0) is 0 Å². The average molecular weight is 117 g/mol. The van der Waals surface area contributed by atoms with E-state index in [0.29, 0.717) is 0 Å². The lowest BCUT2D eigenvalue weighted by molar-refractivity contribution is 0.189. The van der Waals surface area contributed by atoms with Crippen molar-refractivity contribution in [3.05, 3.63) is 0 Å². The quantitative estimate of drug-likeness (QED) is 0.520. The number of aliphatic hydroxyl groups is 1. The molecule has 0 aliphatic carbocycles. The Morgan fingerprint density at radius 2 is 1.88 bits per heavy atom. The van der Waals surface area contributed by atoms with Crippen molar-refractivity contribution < 1.29 is 5.11 Å². The second kappa shape index (κ2) is 2.46. The summed E-state index contributed by atoms with van der Waals surface area (Å²) in [5, 5.41) is 8.55. The molecule has 0 aliphatic rings. The van der Waals surface area contributed by atoms with Gasteiger partial charge in [-0.05, 0) is 5.41 Å². The van der Waals surface area contributed by atoms with Crippen LogP contribution in [0.25, 0.3) is 0 Å². The van der Waals surface area contributed by atoms with Gasteiger partial charge in [0.15, 0.2) is 0 Å². The van der Waals surface area contributed by atoms with Gasteiger partial charge in [-0.25, -0.2) is 0 Å². The van der Waals surface area contributed by atoms with Crippen LogP contribution in [0.1, 0.15) is 20.8 Å². The Morgan fingerprint density at radius 1 is 1.50 bits per heavy atom. The highest BCUT2D eigenvalue weighted by atomic mass is 16.3. The molecule has 0 aromatic carbocycles. The molecule has 2 heteroatoms. The van der Waals surface area contributed by atoms with Crippen LogP contribution >= 0.6 is 0 Å². The Labute approximate surface area is 50.7 Å². The largest absolute Gasteiger partial charge is 0.395 e. The summed E-state index contributed by atoms with van der Waals surface area (Å²) in [7, 11) is 0. The Balaban J connectivity index is 3.62. The Kier molecular flexibility index (Phi) is 2.44. The van der Waals surface area contributed by atoms with E-state index < -0.39 is 0 Å². The number of aliphatic hydroxyl groups excluding tert-OH is 1. The molecule has 8 heavy (non-hydrogen) atoms. The number of hydrogen-bond donors (Lipinski definition) is 2. The highest BCUT2D eigenvalue weighted by Crippen LogP contribution is 2.15. The van der Waals surface area contributed by atoms with Gasteiger partial charge in [0, 0.05) is 6.04 Å². The zero-order valence-corrected chi connectivity index (χ0v) is 5.81. The molecule has 0 saturated heterocycles. The summed E-state index contributed by atoms with van der Waals surface area (Å²) < 4.78 is 0. The minimum absolute atomic E-state index is 0.0365. The molecule has 0 fully saturated rings. The van der Waals surface area contributed by atoms with Gasteiger partial charge in [-0.3, -0.25) is 0 Å². The van der Waals surface area contributed by atoms with Gasteiger partial charge in [-0.15, -0.1) is 0 Å². The molecule has 0 heterocycles. The van der Waals surface area contributed by atoms with E-state index in [4.69, 9.17) is 10.8 Å². The van der Waals surface area contributed by atoms with Gasteiger partial charge >= 0.3 is 0 Å². The van der Waals surface area contributed by atoms with E-state index in [9.17, 15) is 0 Å². The first-order valence-corrected chi connectivity index (χ1v) is 2.85. The molecular formula is C6H15NO. The second-order valence-electron chi connectivity index (χ2n) is 3.16. The molecule has 0 aromatic heterocycles. The van der Waals surface area contributed by atoms with E-state index in [0.717, 1.165) is 0 Å². The summed E-state index contributed by atoms with van der Waals surface area (Å²) in [6.45, 7) is 6.10. The third kappa shape index (κ3) is 2.28. The van der Waals surface area contributed by atoms with Crippen molar-refractivity contribution in [2.45, 2.75) is 26.8 Å². The predicted molar refractivity (Wildman–Crippen MR) is 34.5 cm³/mol. The van der Waals surface area contributed by atoms with Crippen LogP contribution < -0.4 is 5.73 Å². The molecule has 0 aliphatic heterocycles. The van der Waals surface area contributed by atoms with Gasteiger partial charge < -0.3 is 10.8 Å². The Hall–Kier alpha value is -0.0800. The summed E-state index contributed by atoms with van der Waals surface area (Å²) in [6.07, 6.45) is 0. The van der Waals surface area contributed by atoms with E-state index in [2.05, 4.69) is 0 Å². The molecule has 0 spiro atoms. The standard InChI is InChI=1S/C6H15NO/c1-6(2,3)5(7)4-8/h5,8H,4,7H2,1-3H3/t5-/m0/s1. The maximum atomic E-state index is 8.55. The van der Waals surface area contributed by atoms with Gasteiger partial charge in [-0.2, -0.15) is 0 Å². The minimum atomic E-state index is -0.0949. The van der Waals surface area contributed by atoms with Gasteiger partial charge in [0.1, 0.15) is 0 Å². The van der Waals surface area contributed by atoms with E-state index >= 15 is 0 Å². The number of rotatable bonds is 1. The van der Waals surface area contributed by atoms with Crippen molar-refractivity contribution in [1.82, 2.24) is 0 Å². The van der Waals surface area contributed by atoms with Gasteiger partial charge in [0.25, 0.3) is 0 Å². The van der Waals surface area contributed by atoms with Gasteiger partial charge in [0.05, 0.1) is 6.61 Å². The molecule has 0 unspecified atom stereocenters. The van der Waals surface area contributed by atoms with E-state index in [1.807, 2.05) is 20.8 Å². The number of nitrogens with two attached hydrogens (primary N) is 1. The van der Waals surface area contributed by atoms with Crippen molar-refractivity contribution in [2.24, 2.45) is 11.1 Å². The molecule has 0 amide bonds. The maximum absolute atomic E-state index is 8.55. The molecule has 0 rings (SSSR count). The highest BCUT2D eigenvalue weighted by molar-refractivity contribution is 4.75. The lowest BCUT2D eigenvalue weighted by Crippen LogP contribution is -2.37. The normalized spacial score (nSPS) is 16.1. The van der Waals surface area contributed by atoms with Crippen molar-refractivity contribution >= 4 is 0 Å². The zero-order chi connectivity index (χ0) is 6.78. The fourth-order valence-corrected chi connectivity index (χ4v) is 0.274. The van der Waals surface area contributed by atoms with Gasteiger partial charge in [0.2, 0.25) is 0 Å². The topological polar surface area (TPSA) is 46.2 Å². The molecule has 50 valence electrons. The van der Waals surface area contributed by atoms with Crippen LogP contribution in [-0.4, -0.2) is 17.8 Å². The average Bonchev–Trinajstić information content (AvgIpc) is 1.62. The Morgan fingerprint density at radius 3 is 1.88 bits per heavy atom. The Bertz CT molecular complexity index is 65.4. The molecule has 0 aromatic rings. The van der Waals surface area contributed by atoms with Crippen LogP contribution in [0.5, 0.6) is 0 Å². The van der Waals surface area contributed by atoms with Crippen molar-refractivity contribution in [3.63, 3.8) is 0 Å². The van der Waals surface area contributed by atoms with Crippen LogP contribution in [0.4, 0.5) is 0 Å².